The van der Waals surface area contributed by atoms with Gasteiger partial charge in [0.1, 0.15) is 11.6 Å². The zero-order valence-electron chi connectivity index (χ0n) is 16.2. The number of carbonyl (C=O) groups excluding carboxylic acids is 1. The molecule has 0 saturated heterocycles. The third-order valence-electron chi connectivity index (χ3n) is 4.76. The van der Waals surface area contributed by atoms with Gasteiger partial charge in [0.15, 0.2) is 21.3 Å². The van der Waals surface area contributed by atoms with Gasteiger partial charge in [0, 0.05) is 19.8 Å². The van der Waals surface area contributed by atoms with Gasteiger partial charge in [0.25, 0.3) is 0 Å². The molecule has 1 aliphatic rings. The zero-order valence-corrected chi connectivity index (χ0v) is 17.0. The predicted molar refractivity (Wildman–Crippen MR) is 107 cm³/mol. The number of benzene rings is 2. The number of rotatable bonds is 6. The van der Waals surface area contributed by atoms with E-state index in [2.05, 4.69) is 4.98 Å². The number of amides is 1. The van der Waals surface area contributed by atoms with E-state index in [4.69, 9.17) is 9.47 Å². The van der Waals surface area contributed by atoms with Crippen LogP contribution in [0.25, 0.3) is 11.0 Å². The van der Waals surface area contributed by atoms with Crippen LogP contribution in [0.5, 0.6) is 11.5 Å². The summed E-state index contributed by atoms with van der Waals surface area (Å²) in [5.41, 5.74) is 2.58. The molecule has 152 valence electrons. The second-order valence-corrected chi connectivity index (χ2v) is 9.22. The first kappa shape index (κ1) is 19.3. The van der Waals surface area contributed by atoms with Crippen molar-refractivity contribution in [2.75, 3.05) is 18.8 Å². The highest BCUT2D eigenvalue weighted by molar-refractivity contribution is 7.91. The van der Waals surface area contributed by atoms with Crippen molar-refractivity contribution in [2.45, 2.75) is 13.1 Å². The van der Waals surface area contributed by atoms with Crippen LogP contribution in [0.4, 0.5) is 0 Å². The molecule has 0 spiro atoms. The minimum atomic E-state index is -3.46. The topological polar surface area (TPSA) is 90.7 Å². The summed E-state index contributed by atoms with van der Waals surface area (Å²) in [6, 6.07) is 13.1. The van der Waals surface area contributed by atoms with E-state index in [0.717, 1.165) is 22.9 Å². The quantitative estimate of drug-likeness (QED) is 0.611. The average Bonchev–Trinajstić information content (AvgIpc) is 3.24. The SMILES string of the molecule is Cn1c(CN(Cc2ccc3c(c2)OCO3)C(=O)CS(C)(=O)=O)nc2ccccc21. The molecule has 0 unspecified atom stereocenters. The van der Waals surface area contributed by atoms with Gasteiger partial charge in [-0.3, -0.25) is 4.79 Å². The maximum atomic E-state index is 12.8. The lowest BCUT2D eigenvalue weighted by Crippen LogP contribution is -2.35. The molecule has 0 radical (unpaired) electrons. The molecule has 0 aliphatic carbocycles. The van der Waals surface area contributed by atoms with Crippen LogP contribution in [-0.4, -0.2) is 47.6 Å². The number of carbonyl (C=O) groups is 1. The predicted octanol–water partition coefficient (Wildman–Crippen LogP) is 1.88. The normalized spacial score (nSPS) is 13.0. The van der Waals surface area contributed by atoms with Crippen molar-refractivity contribution in [3.63, 3.8) is 0 Å². The zero-order chi connectivity index (χ0) is 20.6. The van der Waals surface area contributed by atoms with Gasteiger partial charge < -0.3 is 18.9 Å². The van der Waals surface area contributed by atoms with Crippen LogP contribution >= 0.6 is 0 Å². The Kier molecular flexibility index (Phi) is 4.91. The molecule has 0 bridgehead atoms. The maximum absolute atomic E-state index is 12.8. The summed E-state index contributed by atoms with van der Waals surface area (Å²) in [6.07, 6.45) is 1.05. The smallest absolute Gasteiger partial charge is 0.238 e. The van der Waals surface area contributed by atoms with Crippen LogP contribution in [0, 0.1) is 0 Å². The number of aromatic nitrogens is 2. The summed E-state index contributed by atoms with van der Waals surface area (Å²) in [4.78, 5) is 18.9. The van der Waals surface area contributed by atoms with Gasteiger partial charge in [-0.15, -0.1) is 0 Å². The van der Waals surface area contributed by atoms with Crippen molar-refractivity contribution in [2.24, 2.45) is 7.05 Å². The van der Waals surface area contributed by atoms with Crippen molar-refractivity contribution in [1.82, 2.24) is 14.5 Å². The molecular weight excluding hydrogens is 394 g/mol. The molecule has 29 heavy (non-hydrogen) atoms. The highest BCUT2D eigenvalue weighted by Gasteiger charge is 2.23. The van der Waals surface area contributed by atoms with Crippen LogP contribution in [0.1, 0.15) is 11.4 Å². The lowest BCUT2D eigenvalue weighted by molar-refractivity contribution is -0.129. The first-order chi connectivity index (χ1) is 13.8. The Morgan fingerprint density at radius 2 is 1.90 bits per heavy atom. The number of hydrogen-bond donors (Lipinski definition) is 0. The third-order valence-corrected chi connectivity index (χ3v) is 5.53. The molecule has 0 N–H and O–H groups in total. The molecule has 0 fully saturated rings. The van der Waals surface area contributed by atoms with E-state index >= 15 is 0 Å². The standard InChI is InChI=1S/C20H21N3O5S/c1-22-16-6-4-3-5-15(16)21-19(22)11-23(20(24)12-29(2,25)26)10-14-7-8-17-18(9-14)28-13-27-17/h3-9H,10-13H2,1-2H3. The van der Waals surface area contributed by atoms with Gasteiger partial charge in [-0.05, 0) is 29.8 Å². The van der Waals surface area contributed by atoms with Gasteiger partial charge in [-0.25, -0.2) is 13.4 Å². The van der Waals surface area contributed by atoms with Crippen molar-refractivity contribution in [1.29, 1.82) is 0 Å². The molecule has 0 atom stereocenters. The van der Waals surface area contributed by atoms with Gasteiger partial charge in [0.05, 0.1) is 17.6 Å². The van der Waals surface area contributed by atoms with Crippen LogP contribution < -0.4 is 9.47 Å². The Morgan fingerprint density at radius 1 is 1.14 bits per heavy atom. The van der Waals surface area contributed by atoms with E-state index in [9.17, 15) is 13.2 Å². The lowest BCUT2D eigenvalue weighted by atomic mass is 10.2. The first-order valence-corrected chi connectivity index (χ1v) is 11.1. The fourth-order valence-electron chi connectivity index (χ4n) is 3.32. The molecule has 0 saturated carbocycles. The molecule has 2 heterocycles. The minimum absolute atomic E-state index is 0.162. The fraction of sp³-hybridized carbons (Fsp3) is 0.300. The molecule has 9 heteroatoms. The number of sulfone groups is 1. The highest BCUT2D eigenvalue weighted by atomic mass is 32.2. The molecule has 4 rings (SSSR count). The van der Waals surface area contributed by atoms with Gasteiger partial charge >= 0.3 is 0 Å². The Hall–Kier alpha value is -3.07. The highest BCUT2D eigenvalue weighted by Crippen LogP contribution is 2.33. The van der Waals surface area contributed by atoms with Crippen LogP contribution in [-0.2, 0) is 34.8 Å². The second-order valence-electron chi connectivity index (χ2n) is 7.08. The summed E-state index contributed by atoms with van der Waals surface area (Å²) < 4.78 is 36.0. The van der Waals surface area contributed by atoms with Crippen molar-refractivity contribution in [3.8, 4) is 11.5 Å². The summed E-state index contributed by atoms with van der Waals surface area (Å²) in [7, 11) is -1.58. The fourth-order valence-corrected chi connectivity index (χ4v) is 3.95. The van der Waals surface area contributed by atoms with Gasteiger partial charge in [0.2, 0.25) is 12.7 Å². The molecule has 3 aromatic rings. The minimum Gasteiger partial charge on any atom is -0.454 e. The molecule has 8 nitrogen and oxygen atoms in total. The maximum Gasteiger partial charge on any atom is 0.238 e. The Morgan fingerprint density at radius 3 is 2.66 bits per heavy atom. The van der Waals surface area contributed by atoms with Crippen molar-refractivity contribution < 1.29 is 22.7 Å². The Labute approximate surface area is 168 Å². The Bertz CT molecular complexity index is 1190. The Balaban J connectivity index is 1.64. The summed E-state index contributed by atoms with van der Waals surface area (Å²) >= 11 is 0. The number of fused-ring (bicyclic) bond motifs is 2. The first-order valence-electron chi connectivity index (χ1n) is 9.04. The monoisotopic (exact) mass is 415 g/mol. The third kappa shape index (κ3) is 4.19. The number of aryl methyl sites for hydroxylation is 1. The van der Waals surface area contributed by atoms with E-state index in [0.29, 0.717) is 17.3 Å². The lowest BCUT2D eigenvalue weighted by Gasteiger charge is -2.22. The molecule has 2 aromatic carbocycles. The van der Waals surface area contributed by atoms with E-state index in [1.54, 1.807) is 12.1 Å². The van der Waals surface area contributed by atoms with E-state index in [1.807, 2.05) is 41.9 Å². The number of imidazole rings is 1. The summed E-state index contributed by atoms with van der Waals surface area (Å²) in [6.45, 7) is 0.581. The van der Waals surface area contributed by atoms with E-state index in [-0.39, 0.29) is 19.9 Å². The molecule has 1 aromatic heterocycles. The van der Waals surface area contributed by atoms with Crippen molar-refractivity contribution in [3.05, 3.63) is 53.9 Å². The van der Waals surface area contributed by atoms with E-state index in [1.165, 1.54) is 4.90 Å². The van der Waals surface area contributed by atoms with Crippen LogP contribution in [0.3, 0.4) is 0 Å². The number of para-hydroxylation sites is 2. The second kappa shape index (κ2) is 7.40. The summed E-state index contributed by atoms with van der Waals surface area (Å²) in [5.74, 6) is 0.909. The molecule has 1 amide bonds. The van der Waals surface area contributed by atoms with Gasteiger partial charge in [-0.1, -0.05) is 18.2 Å². The number of nitrogens with zero attached hydrogens (tertiary/aromatic N) is 3. The largest absolute Gasteiger partial charge is 0.454 e. The average molecular weight is 415 g/mol. The van der Waals surface area contributed by atoms with Gasteiger partial charge in [-0.2, -0.15) is 0 Å². The number of ether oxygens (including phenoxy) is 2. The molecular formula is C20H21N3O5S. The molecule has 1 aliphatic heterocycles. The van der Waals surface area contributed by atoms with Crippen molar-refractivity contribution >= 4 is 26.8 Å². The number of hydrogen-bond acceptors (Lipinski definition) is 6. The summed E-state index contributed by atoms with van der Waals surface area (Å²) in [5, 5.41) is 0. The van der Waals surface area contributed by atoms with E-state index < -0.39 is 21.5 Å². The van der Waals surface area contributed by atoms with Crippen LogP contribution in [0.15, 0.2) is 42.5 Å². The van der Waals surface area contributed by atoms with Crippen LogP contribution in [0.2, 0.25) is 0 Å².